The van der Waals surface area contributed by atoms with Crippen molar-refractivity contribution in [2.75, 3.05) is 13.1 Å². The highest BCUT2D eigenvalue weighted by Crippen LogP contribution is 2.32. The predicted octanol–water partition coefficient (Wildman–Crippen LogP) is 3.45. The SMILES string of the molecule is CCCC(C)C1CCNCC1CCC. The van der Waals surface area contributed by atoms with Gasteiger partial charge in [0.05, 0.1) is 0 Å². The summed E-state index contributed by atoms with van der Waals surface area (Å²) in [7, 11) is 0. The molecule has 1 N–H and O–H groups in total. The summed E-state index contributed by atoms with van der Waals surface area (Å²) in [5, 5.41) is 3.55. The van der Waals surface area contributed by atoms with Gasteiger partial charge in [-0.3, -0.25) is 0 Å². The van der Waals surface area contributed by atoms with Crippen LogP contribution in [0.2, 0.25) is 0 Å². The Morgan fingerprint density at radius 1 is 1.29 bits per heavy atom. The molecule has 0 saturated carbocycles. The molecule has 0 aromatic carbocycles. The fourth-order valence-electron chi connectivity index (χ4n) is 3.05. The van der Waals surface area contributed by atoms with Crippen molar-refractivity contribution in [2.24, 2.45) is 17.8 Å². The van der Waals surface area contributed by atoms with Crippen molar-refractivity contribution in [3.63, 3.8) is 0 Å². The van der Waals surface area contributed by atoms with Crippen LogP contribution in [0.4, 0.5) is 0 Å². The van der Waals surface area contributed by atoms with Gasteiger partial charge in [0.25, 0.3) is 0 Å². The zero-order chi connectivity index (χ0) is 10.4. The molecule has 0 aliphatic carbocycles. The molecule has 1 heteroatoms. The van der Waals surface area contributed by atoms with Crippen LogP contribution in [0.25, 0.3) is 0 Å². The van der Waals surface area contributed by atoms with Gasteiger partial charge in [-0.25, -0.2) is 0 Å². The van der Waals surface area contributed by atoms with Crippen molar-refractivity contribution in [1.29, 1.82) is 0 Å². The first-order valence-corrected chi connectivity index (χ1v) is 6.50. The summed E-state index contributed by atoms with van der Waals surface area (Å²) in [5.41, 5.74) is 0. The minimum atomic E-state index is 0.943. The van der Waals surface area contributed by atoms with E-state index < -0.39 is 0 Å². The smallest absolute Gasteiger partial charge is 0.00178 e. The number of rotatable bonds is 5. The van der Waals surface area contributed by atoms with Crippen molar-refractivity contribution < 1.29 is 0 Å². The third-order valence-corrected chi connectivity index (χ3v) is 3.80. The molecule has 1 rings (SSSR count). The summed E-state index contributed by atoms with van der Waals surface area (Å²) in [4.78, 5) is 0. The van der Waals surface area contributed by atoms with Crippen LogP contribution in [-0.4, -0.2) is 13.1 Å². The lowest BCUT2D eigenvalue weighted by Crippen LogP contribution is -2.39. The van der Waals surface area contributed by atoms with E-state index in [4.69, 9.17) is 0 Å². The maximum atomic E-state index is 3.55. The van der Waals surface area contributed by atoms with Gasteiger partial charge in [0.2, 0.25) is 0 Å². The van der Waals surface area contributed by atoms with Crippen molar-refractivity contribution in [2.45, 2.75) is 52.9 Å². The Morgan fingerprint density at radius 3 is 2.71 bits per heavy atom. The molecule has 0 aromatic heterocycles. The lowest BCUT2D eigenvalue weighted by molar-refractivity contribution is 0.166. The topological polar surface area (TPSA) is 12.0 Å². The second kappa shape index (κ2) is 6.44. The van der Waals surface area contributed by atoms with Crippen LogP contribution in [0.5, 0.6) is 0 Å². The van der Waals surface area contributed by atoms with Crippen molar-refractivity contribution in [3.05, 3.63) is 0 Å². The number of nitrogens with one attached hydrogen (secondary N) is 1. The molecule has 3 unspecified atom stereocenters. The summed E-state index contributed by atoms with van der Waals surface area (Å²) in [6.45, 7) is 9.61. The molecule has 0 aromatic rings. The molecule has 14 heavy (non-hydrogen) atoms. The van der Waals surface area contributed by atoms with Gasteiger partial charge in [0.1, 0.15) is 0 Å². The molecule has 1 heterocycles. The molecule has 0 bridgehead atoms. The fraction of sp³-hybridized carbons (Fsp3) is 1.00. The molecule has 84 valence electrons. The van der Waals surface area contributed by atoms with Crippen LogP contribution < -0.4 is 5.32 Å². The molecular formula is C13H27N. The summed E-state index contributed by atoms with van der Waals surface area (Å²) in [6, 6.07) is 0. The highest BCUT2D eigenvalue weighted by molar-refractivity contribution is 4.81. The Labute approximate surface area is 89.7 Å². The van der Waals surface area contributed by atoms with Gasteiger partial charge in [0, 0.05) is 0 Å². The van der Waals surface area contributed by atoms with Crippen LogP contribution in [0.3, 0.4) is 0 Å². The number of piperidine rings is 1. The van der Waals surface area contributed by atoms with Gasteiger partial charge >= 0.3 is 0 Å². The number of hydrogen-bond donors (Lipinski definition) is 1. The average Bonchev–Trinajstić information content (AvgIpc) is 2.19. The zero-order valence-corrected chi connectivity index (χ0v) is 10.2. The van der Waals surface area contributed by atoms with Gasteiger partial charge in [0.15, 0.2) is 0 Å². The fourth-order valence-corrected chi connectivity index (χ4v) is 3.05. The Balaban J connectivity index is 2.44. The van der Waals surface area contributed by atoms with E-state index in [0.717, 1.165) is 17.8 Å². The van der Waals surface area contributed by atoms with Crippen LogP contribution in [0, 0.1) is 17.8 Å². The highest BCUT2D eigenvalue weighted by Gasteiger charge is 2.27. The van der Waals surface area contributed by atoms with E-state index in [0.29, 0.717) is 0 Å². The second-order valence-corrected chi connectivity index (χ2v) is 4.97. The first-order valence-electron chi connectivity index (χ1n) is 6.50. The molecule has 1 saturated heterocycles. The quantitative estimate of drug-likeness (QED) is 0.712. The highest BCUT2D eigenvalue weighted by atomic mass is 14.9. The summed E-state index contributed by atoms with van der Waals surface area (Å²) in [6.07, 6.45) is 6.95. The summed E-state index contributed by atoms with van der Waals surface area (Å²) >= 11 is 0. The van der Waals surface area contributed by atoms with E-state index in [1.165, 1.54) is 45.2 Å². The Hall–Kier alpha value is -0.0400. The Morgan fingerprint density at radius 2 is 2.07 bits per heavy atom. The van der Waals surface area contributed by atoms with Gasteiger partial charge in [-0.15, -0.1) is 0 Å². The van der Waals surface area contributed by atoms with Gasteiger partial charge in [-0.2, -0.15) is 0 Å². The molecule has 3 atom stereocenters. The predicted molar refractivity (Wildman–Crippen MR) is 63.4 cm³/mol. The summed E-state index contributed by atoms with van der Waals surface area (Å²) in [5.74, 6) is 2.89. The molecular weight excluding hydrogens is 170 g/mol. The number of hydrogen-bond acceptors (Lipinski definition) is 1. The van der Waals surface area contributed by atoms with Crippen LogP contribution in [-0.2, 0) is 0 Å². The maximum absolute atomic E-state index is 3.55. The Bertz CT molecular complexity index is 142. The molecule has 0 radical (unpaired) electrons. The van der Waals surface area contributed by atoms with Gasteiger partial charge in [-0.1, -0.05) is 40.0 Å². The first-order chi connectivity index (χ1) is 6.79. The largest absolute Gasteiger partial charge is 0.316 e. The molecule has 1 nitrogen and oxygen atoms in total. The molecule has 1 fully saturated rings. The average molecular weight is 197 g/mol. The third-order valence-electron chi connectivity index (χ3n) is 3.80. The Kier molecular flexibility index (Phi) is 5.54. The van der Waals surface area contributed by atoms with E-state index in [9.17, 15) is 0 Å². The normalized spacial score (nSPS) is 30.2. The molecule has 0 amide bonds. The molecule has 1 aliphatic rings. The van der Waals surface area contributed by atoms with E-state index in [2.05, 4.69) is 26.1 Å². The minimum absolute atomic E-state index is 0.943. The lowest BCUT2D eigenvalue weighted by Gasteiger charge is -2.36. The zero-order valence-electron chi connectivity index (χ0n) is 10.2. The van der Waals surface area contributed by atoms with Crippen LogP contribution in [0.1, 0.15) is 52.9 Å². The van der Waals surface area contributed by atoms with Crippen LogP contribution >= 0.6 is 0 Å². The van der Waals surface area contributed by atoms with Crippen molar-refractivity contribution in [1.82, 2.24) is 5.32 Å². The van der Waals surface area contributed by atoms with Crippen molar-refractivity contribution >= 4 is 0 Å². The monoisotopic (exact) mass is 197 g/mol. The maximum Gasteiger partial charge on any atom is -0.00178 e. The van der Waals surface area contributed by atoms with E-state index in [1.807, 2.05) is 0 Å². The van der Waals surface area contributed by atoms with Crippen LogP contribution in [0.15, 0.2) is 0 Å². The minimum Gasteiger partial charge on any atom is -0.316 e. The second-order valence-electron chi connectivity index (χ2n) is 4.97. The van der Waals surface area contributed by atoms with Gasteiger partial charge in [-0.05, 0) is 43.7 Å². The summed E-state index contributed by atoms with van der Waals surface area (Å²) < 4.78 is 0. The van der Waals surface area contributed by atoms with Crippen molar-refractivity contribution in [3.8, 4) is 0 Å². The van der Waals surface area contributed by atoms with E-state index in [-0.39, 0.29) is 0 Å². The standard InChI is InChI=1S/C13H27N/c1-4-6-11(3)13-8-9-14-10-12(13)7-5-2/h11-14H,4-10H2,1-3H3. The van der Waals surface area contributed by atoms with Gasteiger partial charge < -0.3 is 5.32 Å². The lowest BCUT2D eigenvalue weighted by atomic mass is 9.74. The third kappa shape index (κ3) is 3.27. The molecule has 0 spiro atoms. The molecule has 1 aliphatic heterocycles. The first kappa shape index (κ1) is 12.0. The van der Waals surface area contributed by atoms with E-state index in [1.54, 1.807) is 0 Å². The van der Waals surface area contributed by atoms with E-state index >= 15 is 0 Å².